The molecule has 0 bridgehead atoms. The normalized spacial score (nSPS) is 10.7. The topological polar surface area (TPSA) is 58.4 Å². The van der Waals surface area contributed by atoms with Crippen molar-refractivity contribution in [3.63, 3.8) is 0 Å². The molecule has 0 aliphatic heterocycles. The Bertz CT molecular complexity index is 633. The minimum Gasteiger partial charge on any atom is -0.399 e. The number of hydrogen-bond acceptors (Lipinski definition) is 3. The molecule has 0 radical (unpaired) electrons. The Morgan fingerprint density at radius 1 is 1.04 bits per heavy atom. The van der Waals surface area contributed by atoms with Crippen molar-refractivity contribution in [2.75, 3.05) is 24.1 Å². The van der Waals surface area contributed by atoms with Gasteiger partial charge in [0.1, 0.15) is 0 Å². The number of carbonyl (C=O) groups excluding carboxylic acids is 1. The summed E-state index contributed by atoms with van der Waals surface area (Å²) in [6.07, 6.45) is 0.348. The van der Waals surface area contributed by atoms with Gasteiger partial charge in [-0.3, -0.25) is 9.69 Å². The van der Waals surface area contributed by atoms with Crippen LogP contribution in [0.25, 0.3) is 0 Å². The number of rotatable bonds is 7. The number of hydrogen-bond donors (Lipinski definition) is 2. The van der Waals surface area contributed by atoms with Crippen LogP contribution in [0.15, 0.2) is 48.5 Å². The number of amides is 1. The predicted molar refractivity (Wildman–Crippen MR) is 96.3 cm³/mol. The number of nitrogens with zero attached hydrogens (tertiary/aromatic N) is 1. The zero-order chi connectivity index (χ0) is 16.7. The van der Waals surface area contributed by atoms with Crippen LogP contribution in [0, 0.1) is 0 Å². The van der Waals surface area contributed by atoms with Gasteiger partial charge in [0.05, 0.1) is 6.42 Å². The molecule has 0 atom stereocenters. The van der Waals surface area contributed by atoms with E-state index in [-0.39, 0.29) is 5.91 Å². The maximum atomic E-state index is 12.2. The van der Waals surface area contributed by atoms with Crippen LogP contribution in [0.4, 0.5) is 11.4 Å². The van der Waals surface area contributed by atoms with Crippen molar-refractivity contribution in [1.29, 1.82) is 0 Å². The zero-order valence-electron chi connectivity index (χ0n) is 13.9. The lowest BCUT2D eigenvalue weighted by atomic mass is 10.1. The fourth-order valence-electron chi connectivity index (χ4n) is 2.48. The molecule has 0 spiro atoms. The van der Waals surface area contributed by atoms with Gasteiger partial charge in [-0.05, 0) is 48.5 Å². The highest BCUT2D eigenvalue weighted by atomic mass is 16.1. The molecule has 0 aliphatic rings. The molecular weight excluding hydrogens is 286 g/mol. The van der Waals surface area contributed by atoms with Crippen LogP contribution in [0.3, 0.4) is 0 Å². The van der Waals surface area contributed by atoms with Gasteiger partial charge in [0, 0.05) is 17.9 Å². The molecule has 0 unspecified atom stereocenters. The lowest BCUT2D eigenvalue weighted by Gasteiger charge is -2.18. The molecule has 4 nitrogen and oxygen atoms in total. The molecule has 0 aliphatic carbocycles. The molecule has 0 saturated heterocycles. The molecule has 4 heteroatoms. The number of nitrogens with two attached hydrogens (primary N) is 1. The fraction of sp³-hybridized carbons (Fsp3) is 0.316. The van der Waals surface area contributed by atoms with Crippen molar-refractivity contribution in [2.45, 2.75) is 26.8 Å². The second-order valence-corrected chi connectivity index (χ2v) is 5.63. The van der Waals surface area contributed by atoms with E-state index in [1.165, 1.54) is 5.56 Å². The molecule has 0 aromatic heterocycles. The van der Waals surface area contributed by atoms with Crippen molar-refractivity contribution in [3.8, 4) is 0 Å². The molecule has 3 N–H and O–H groups in total. The first-order chi connectivity index (χ1) is 11.1. The van der Waals surface area contributed by atoms with E-state index in [4.69, 9.17) is 5.73 Å². The average Bonchev–Trinajstić information content (AvgIpc) is 2.55. The second-order valence-electron chi connectivity index (χ2n) is 5.63. The summed E-state index contributed by atoms with van der Waals surface area (Å²) in [6.45, 7) is 7.24. The van der Waals surface area contributed by atoms with Gasteiger partial charge in [-0.15, -0.1) is 0 Å². The van der Waals surface area contributed by atoms with Crippen LogP contribution in [-0.2, 0) is 17.8 Å². The highest BCUT2D eigenvalue weighted by Gasteiger charge is 2.06. The average molecular weight is 311 g/mol. The molecule has 0 fully saturated rings. The Balaban J connectivity index is 1.96. The summed E-state index contributed by atoms with van der Waals surface area (Å²) in [5.41, 5.74) is 9.37. The Kier molecular flexibility index (Phi) is 6.18. The molecule has 2 aromatic carbocycles. The first-order valence-electron chi connectivity index (χ1n) is 8.06. The first-order valence-corrected chi connectivity index (χ1v) is 8.06. The number of nitrogen functional groups attached to an aromatic ring is 1. The lowest BCUT2D eigenvalue weighted by Crippen LogP contribution is -2.22. The van der Waals surface area contributed by atoms with Crippen molar-refractivity contribution in [3.05, 3.63) is 59.7 Å². The quantitative estimate of drug-likeness (QED) is 0.771. The van der Waals surface area contributed by atoms with Crippen molar-refractivity contribution in [1.82, 2.24) is 4.90 Å². The van der Waals surface area contributed by atoms with E-state index < -0.39 is 0 Å². The molecule has 0 heterocycles. The van der Waals surface area contributed by atoms with Crippen LogP contribution < -0.4 is 11.1 Å². The lowest BCUT2D eigenvalue weighted by molar-refractivity contribution is -0.115. The zero-order valence-corrected chi connectivity index (χ0v) is 13.9. The number of carbonyl (C=O) groups is 1. The van der Waals surface area contributed by atoms with Crippen LogP contribution >= 0.6 is 0 Å². The number of nitrogens with one attached hydrogen (secondary N) is 1. The fourth-order valence-corrected chi connectivity index (χ4v) is 2.48. The summed E-state index contributed by atoms with van der Waals surface area (Å²) in [5, 5.41) is 2.97. The highest BCUT2D eigenvalue weighted by Crippen LogP contribution is 2.14. The molecule has 23 heavy (non-hydrogen) atoms. The van der Waals surface area contributed by atoms with Gasteiger partial charge in [0.25, 0.3) is 0 Å². The molecular formula is C19H25N3O. The Morgan fingerprint density at radius 3 is 2.39 bits per heavy atom. The Hall–Kier alpha value is -2.33. The van der Waals surface area contributed by atoms with Gasteiger partial charge in [-0.2, -0.15) is 0 Å². The molecule has 2 rings (SSSR count). The summed E-state index contributed by atoms with van der Waals surface area (Å²) in [4.78, 5) is 14.5. The number of benzene rings is 2. The predicted octanol–water partition coefficient (Wildman–Crippen LogP) is 3.29. The monoisotopic (exact) mass is 311 g/mol. The van der Waals surface area contributed by atoms with Crippen LogP contribution in [0.1, 0.15) is 25.0 Å². The third-order valence-electron chi connectivity index (χ3n) is 3.86. The van der Waals surface area contributed by atoms with Crippen molar-refractivity contribution < 1.29 is 4.79 Å². The smallest absolute Gasteiger partial charge is 0.228 e. The van der Waals surface area contributed by atoms with E-state index in [2.05, 4.69) is 30.1 Å². The second kappa shape index (κ2) is 8.34. The van der Waals surface area contributed by atoms with Crippen LogP contribution in [-0.4, -0.2) is 23.9 Å². The van der Waals surface area contributed by atoms with E-state index in [0.717, 1.165) is 30.9 Å². The van der Waals surface area contributed by atoms with E-state index in [1.54, 1.807) is 0 Å². The SMILES string of the molecule is CCN(CC)Cc1cccc(NC(=O)Cc2ccc(N)cc2)c1. The summed E-state index contributed by atoms with van der Waals surface area (Å²) in [7, 11) is 0. The minimum atomic E-state index is -0.0187. The van der Waals surface area contributed by atoms with Gasteiger partial charge in [-0.1, -0.05) is 38.1 Å². The largest absolute Gasteiger partial charge is 0.399 e. The molecule has 122 valence electrons. The Labute approximate surface area is 138 Å². The summed E-state index contributed by atoms with van der Waals surface area (Å²) >= 11 is 0. The van der Waals surface area contributed by atoms with Gasteiger partial charge in [0.2, 0.25) is 5.91 Å². The highest BCUT2D eigenvalue weighted by molar-refractivity contribution is 5.92. The van der Waals surface area contributed by atoms with Gasteiger partial charge >= 0.3 is 0 Å². The van der Waals surface area contributed by atoms with Gasteiger partial charge < -0.3 is 11.1 Å². The van der Waals surface area contributed by atoms with Gasteiger partial charge in [0.15, 0.2) is 0 Å². The third-order valence-corrected chi connectivity index (χ3v) is 3.86. The van der Waals surface area contributed by atoms with E-state index in [0.29, 0.717) is 12.1 Å². The molecule has 1 amide bonds. The standard InChI is InChI=1S/C19H25N3O/c1-3-22(4-2)14-16-6-5-7-18(12-16)21-19(23)13-15-8-10-17(20)11-9-15/h5-12H,3-4,13-14,20H2,1-2H3,(H,21,23). The summed E-state index contributed by atoms with van der Waals surface area (Å²) in [5.74, 6) is -0.0187. The minimum absolute atomic E-state index is 0.0187. The maximum absolute atomic E-state index is 12.2. The van der Waals surface area contributed by atoms with E-state index >= 15 is 0 Å². The number of anilines is 2. The maximum Gasteiger partial charge on any atom is 0.228 e. The summed E-state index contributed by atoms with van der Waals surface area (Å²) < 4.78 is 0. The van der Waals surface area contributed by atoms with E-state index in [9.17, 15) is 4.79 Å². The first kappa shape index (κ1) is 17.0. The van der Waals surface area contributed by atoms with Crippen LogP contribution in [0.5, 0.6) is 0 Å². The Morgan fingerprint density at radius 2 is 1.74 bits per heavy atom. The van der Waals surface area contributed by atoms with Crippen LogP contribution in [0.2, 0.25) is 0 Å². The summed E-state index contributed by atoms with van der Waals surface area (Å²) in [6, 6.07) is 15.4. The molecule has 2 aromatic rings. The van der Waals surface area contributed by atoms with Crippen molar-refractivity contribution in [2.24, 2.45) is 0 Å². The van der Waals surface area contributed by atoms with E-state index in [1.807, 2.05) is 42.5 Å². The van der Waals surface area contributed by atoms with Crippen molar-refractivity contribution >= 4 is 17.3 Å². The third kappa shape index (κ3) is 5.42. The molecule has 0 saturated carbocycles. The van der Waals surface area contributed by atoms with Gasteiger partial charge in [-0.25, -0.2) is 0 Å².